The fourth-order valence-electron chi connectivity index (χ4n) is 1.57. The largest absolute Gasteiger partial charge is 0.340 e. The number of hydrogen-bond acceptors (Lipinski definition) is 5. The molecule has 0 atom stereocenters. The van der Waals surface area contributed by atoms with Gasteiger partial charge in [-0.25, -0.2) is 19.3 Å². The standard InChI is InChI=1S/C12H9FN6/c13-9-3-1-8(2-4-9)5-18-19-12-10-11(15-6-14-10)16-7-17-12/h1-7H,(H2,14,15,16,17,19). The summed E-state index contributed by atoms with van der Waals surface area (Å²) in [5, 5.41) is 4.04. The van der Waals surface area contributed by atoms with Crippen molar-refractivity contribution in [2.75, 3.05) is 5.43 Å². The van der Waals surface area contributed by atoms with E-state index in [1.165, 1.54) is 24.8 Å². The Hall–Kier alpha value is -2.83. The molecule has 0 unspecified atom stereocenters. The predicted octanol–water partition coefficient (Wildman–Crippen LogP) is 1.94. The second-order valence-corrected chi connectivity index (χ2v) is 3.74. The summed E-state index contributed by atoms with van der Waals surface area (Å²) in [5.74, 6) is 0.251. The van der Waals surface area contributed by atoms with Gasteiger partial charge in [-0.15, -0.1) is 0 Å². The molecule has 2 aromatic heterocycles. The topological polar surface area (TPSA) is 78.8 Å². The van der Waals surface area contributed by atoms with Gasteiger partial charge in [0.05, 0.1) is 12.5 Å². The summed E-state index contributed by atoms with van der Waals surface area (Å²) in [7, 11) is 0. The number of fused-ring (bicyclic) bond motifs is 1. The van der Waals surface area contributed by atoms with Crippen molar-refractivity contribution in [3.63, 3.8) is 0 Å². The minimum absolute atomic E-state index is 0.278. The molecule has 0 radical (unpaired) electrons. The molecule has 0 saturated carbocycles. The lowest BCUT2D eigenvalue weighted by molar-refractivity contribution is 0.628. The molecule has 0 spiro atoms. The smallest absolute Gasteiger partial charge is 0.182 e. The second-order valence-electron chi connectivity index (χ2n) is 3.74. The first-order chi connectivity index (χ1) is 9.33. The number of hydrogen-bond donors (Lipinski definition) is 2. The maximum atomic E-state index is 12.7. The first kappa shape index (κ1) is 11.3. The molecular formula is C12H9FN6. The molecule has 7 heteroatoms. The lowest BCUT2D eigenvalue weighted by Crippen LogP contribution is -1.95. The van der Waals surface area contributed by atoms with Gasteiger partial charge in [-0.2, -0.15) is 5.10 Å². The van der Waals surface area contributed by atoms with Crippen LogP contribution in [0.3, 0.4) is 0 Å². The Morgan fingerprint density at radius 2 is 2.00 bits per heavy atom. The molecule has 6 nitrogen and oxygen atoms in total. The van der Waals surface area contributed by atoms with Crippen molar-refractivity contribution in [3.05, 3.63) is 48.3 Å². The highest BCUT2D eigenvalue weighted by Crippen LogP contribution is 2.13. The van der Waals surface area contributed by atoms with Crippen molar-refractivity contribution in [1.29, 1.82) is 0 Å². The van der Waals surface area contributed by atoms with Crippen LogP contribution in [0.15, 0.2) is 42.0 Å². The van der Waals surface area contributed by atoms with E-state index in [-0.39, 0.29) is 5.82 Å². The number of hydrazone groups is 1. The van der Waals surface area contributed by atoms with Gasteiger partial charge in [0, 0.05) is 0 Å². The molecule has 0 saturated heterocycles. The van der Waals surface area contributed by atoms with Crippen LogP contribution in [0, 0.1) is 5.82 Å². The molecule has 2 N–H and O–H groups in total. The molecule has 1 aromatic carbocycles. The molecule has 2 heterocycles. The molecule has 0 fully saturated rings. The second kappa shape index (κ2) is 4.81. The van der Waals surface area contributed by atoms with Gasteiger partial charge in [-0.3, -0.25) is 5.43 Å². The number of aromatic nitrogens is 4. The highest BCUT2D eigenvalue weighted by molar-refractivity contribution is 5.84. The monoisotopic (exact) mass is 256 g/mol. The summed E-state index contributed by atoms with van der Waals surface area (Å²) in [4.78, 5) is 15.0. The Morgan fingerprint density at radius 1 is 1.16 bits per heavy atom. The number of anilines is 1. The number of rotatable bonds is 3. The van der Waals surface area contributed by atoms with E-state index in [4.69, 9.17) is 0 Å². The van der Waals surface area contributed by atoms with Crippen molar-refractivity contribution in [2.45, 2.75) is 0 Å². The van der Waals surface area contributed by atoms with Crippen LogP contribution in [0.1, 0.15) is 5.56 Å². The van der Waals surface area contributed by atoms with Crippen molar-refractivity contribution in [1.82, 2.24) is 19.9 Å². The maximum absolute atomic E-state index is 12.7. The van der Waals surface area contributed by atoms with Gasteiger partial charge in [0.15, 0.2) is 11.5 Å². The Morgan fingerprint density at radius 3 is 2.84 bits per heavy atom. The van der Waals surface area contributed by atoms with E-state index in [0.29, 0.717) is 17.0 Å². The van der Waals surface area contributed by atoms with Gasteiger partial charge < -0.3 is 4.98 Å². The third kappa shape index (κ3) is 2.39. The first-order valence-corrected chi connectivity index (χ1v) is 5.51. The minimum atomic E-state index is -0.278. The van der Waals surface area contributed by atoms with E-state index in [2.05, 4.69) is 30.5 Å². The van der Waals surface area contributed by atoms with E-state index < -0.39 is 0 Å². The third-order valence-corrected chi connectivity index (χ3v) is 2.48. The fraction of sp³-hybridized carbons (Fsp3) is 0. The van der Waals surface area contributed by atoms with Crippen LogP contribution >= 0.6 is 0 Å². The molecule has 0 amide bonds. The van der Waals surface area contributed by atoms with Gasteiger partial charge >= 0.3 is 0 Å². The number of aromatic amines is 1. The number of benzene rings is 1. The van der Waals surface area contributed by atoms with Gasteiger partial charge in [-0.05, 0) is 17.7 Å². The SMILES string of the molecule is Fc1ccc(C=NNc2ncnc3nc[nH]c23)cc1. The average molecular weight is 256 g/mol. The van der Waals surface area contributed by atoms with Crippen molar-refractivity contribution in [2.24, 2.45) is 5.10 Å². The van der Waals surface area contributed by atoms with Gasteiger partial charge in [-0.1, -0.05) is 12.1 Å². The van der Waals surface area contributed by atoms with Crippen LogP contribution in [-0.4, -0.2) is 26.2 Å². The van der Waals surface area contributed by atoms with Crippen LogP contribution in [0.25, 0.3) is 11.2 Å². The molecular weight excluding hydrogens is 247 g/mol. The first-order valence-electron chi connectivity index (χ1n) is 5.51. The normalized spacial score (nSPS) is 11.2. The Labute approximate surface area is 107 Å². The number of nitrogens with zero attached hydrogens (tertiary/aromatic N) is 4. The van der Waals surface area contributed by atoms with E-state index in [9.17, 15) is 4.39 Å². The van der Waals surface area contributed by atoms with E-state index in [1.54, 1.807) is 18.3 Å². The summed E-state index contributed by atoms with van der Waals surface area (Å²) in [5.41, 5.74) is 4.82. The molecule has 0 bridgehead atoms. The molecule has 0 aliphatic rings. The minimum Gasteiger partial charge on any atom is -0.340 e. The molecule has 3 rings (SSSR count). The highest BCUT2D eigenvalue weighted by atomic mass is 19.1. The van der Waals surface area contributed by atoms with Crippen LogP contribution in [0.4, 0.5) is 10.2 Å². The average Bonchev–Trinajstić information content (AvgIpc) is 2.90. The van der Waals surface area contributed by atoms with Crippen LogP contribution in [0.2, 0.25) is 0 Å². The van der Waals surface area contributed by atoms with Gasteiger partial charge in [0.1, 0.15) is 17.7 Å². The quantitative estimate of drug-likeness (QED) is 0.554. The summed E-state index contributed by atoms with van der Waals surface area (Å²) in [6.45, 7) is 0. The maximum Gasteiger partial charge on any atom is 0.182 e. The molecule has 19 heavy (non-hydrogen) atoms. The van der Waals surface area contributed by atoms with Crippen LogP contribution < -0.4 is 5.43 Å². The third-order valence-electron chi connectivity index (χ3n) is 2.48. The Balaban J connectivity index is 1.78. The zero-order chi connectivity index (χ0) is 13.1. The van der Waals surface area contributed by atoms with Crippen molar-refractivity contribution < 1.29 is 4.39 Å². The number of imidazole rings is 1. The molecule has 0 aliphatic heterocycles. The lowest BCUT2D eigenvalue weighted by Gasteiger charge is -1.99. The van der Waals surface area contributed by atoms with E-state index >= 15 is 0 Å². The summed E-state index contributed by atoms with van der Waals surface area (Å²) >= 11 is 0. The number of nitrogens with one attached hydrogen (secondary N) is 2. The molecule has 3 aromatic rings. The van der Waals surface area contributed by atoms with Crippen molar-refractivity contribution in [3.8, 4) is 0 Å². The van der Waals surface area contributed by atoms with Gasteiger partial charge in [0.2, 0.25) is 0 Å². The highest BCUT2D eigenvalue weighted by Gasteiger charge is 2.03. The zero-order valence-corrected chi connectivity index (χ0v) is 9.71. The fourth-order valence-corrected chi connectivity index (χ4v) is 1.57. The summed E-state index contributed by atoms with van der Waals surface area (Å²) < 4.78 is 12.7. The summed E-state index contributed by atoms with van der Waals surface area (Å²) in [6.07, 6.45) is 4.51. The van der Waals surface area contributed by atoms with Gasteiger partial charge in [0.25, 0.3) is 0 Å². The molecule has 94 valence electrons. The zero-order valence-electron chi connectivity index (χ0n) is 9.71. The Kier molecular flexibility index (Phi) is 2.85. The van der Waals surface area contributed by atoms with E-state index in [0.717, 1.165) is 5.56 Å². The van der Waals surface area contributed by atoms with Crippen LogP contribution in [0.5, 0.6) is 0 Å². The lowest BCUT2D eigenvalue weighted by atomic mass is 10.2. The van der Waals surface area contributed by atoms with Crippen LogP contribution in [-0.2, 0) is 0 Å². The molecule has 0 aliphatic carbocycles. The predicted molar refractivity (Wildman–Crippen MR) is 69.3 cm³/mol. The number of H-pyrrole nitrogens is 1. The Bertz CT molecular complexity index is 718. The van der Waals surface area contributed by atoms with E-state index in [1.807, 2.05) is 0 Å². The van der Waals surface area contributed by atoms with Crippen molar-refractivity contribution >= 4 is 23.2 Å². The summed E-state index contributed by atoms with van der Waals surface area (Å²) in [6, 6.07) is 6.01. The number of halogens is 1.